The van der Waals surface area contributed by atoms with Crippen molar-refractivity contribution in [1.82, 2.24) is 21.3 Å². The smallest absolute Gasteiger partial charge is 0.325 e. The largest absolute Gasteiger partial charge is 0.459 e. The summed E-state index contributed by atoms with van der Waals surface area (Å²) in [7, 11) is 0. The molecule has 10 nitrogen and oxygen atoms in total. The first-order valence-corrected chi connectivity index (χ1v) is 7.26. The predicted octanol–water partition coefficient (Wildman–Crippen LogP) is -2.19. The van der Waals surface area contributed by atoms with Gasteiger partial charge < -0.3 is 26.0 Å². The number of ether oxygens (including phenoxy) is 1. The third-order valence-electron chi connectivity index (χ3n) is 2.24. The number of carbonyl (C=O) groups excluding carboxylic acids is 5. The van der Waals surface area contributed by atoms with Gasteiger partial charge in [0.1, 0.15) is 12.1 Å². The quantitative estimate of drug-likeness (QED) is 0.369. The molecule has 0 atom stereocenters. The Kier molecular flexibility index (Phi) is 9.06. The highest BCUT2D eigenvalue weighted by atomic mass is 16.6. The SMILES string of the molecule is CC(=O)NCC(=O)NCC(=O)NCC(=O)NCC(=O)OC(C)(C)C. The molecule has 24 heavy (non-hydrogen) atoms. The van der Waals surface area contributed by atoms with Gasteiger partial charge in [0.25, 0.3) is 0 Å². The maximum Gasteiger partial charge on any atom is 0.325 e. The van der Waals surface area contributed by atoms with Gasteiger partial charge in [-0.2, -0.15) is 0 Å². The number of hydrogen-bond acceptors (Lipinski definition) is 6. The molecule has 0 aromatic heterocycles. The fraction of sp³-hybridized carbons (Fsp3) is 0.643. The van der Waals surface area contributed by atoms with E-state index < -0.39 is 29.3 Å². The molecular formula is C14H24N4O6. The molecule has 4 N–H and O–H groups in total. The van der Waals surface area contributed by atoms with Gasteiger partial charge in [-0.25, -0.2) is 0 Å². The Balaban J connectivity index is 3.86. The van der Waals surface area contributed by atoms with Crippen molar-refractivity contribution in [3.05, 3.63) is 0 Å². The van der Waals surface area contributed by atoms with E-state index in [1.165, 1.54) is 6.92 Å². The Bertz CT molecular complexity index is 498. The summed E-state index contributed by atoms with van der Waals surface area (Å²) in [5.41, 5.74) is -0.647. The lowest BCUT2D eigenvalue weighted by atomic mass is 10.2. The molecule has 0 spiro atoms. The minimum atomic E-state index is -0.647. The summed E-state index contributed by atoms with van der Waals surface area (Å²) >= 11 is 0. The number of carbonyl (C=O) groups is 5. The normalized spacial score (nSPS) is 10.3. The lowest BCUT2D eigenvalue weighted by Gasteiger charge is -2.19. The van der Waals surface area contributed by atoms with E-state index in [1.807, 2.05) is 0 Å². The summed E-state index contributed by atoms with van der Waals surface area (Å²) in [6.07, 6.45) is 0. The Morgan fingerprint density at radius 1 is 0.708 bits per heavy atom. The lowest BCUT2D eigenvalue weighted by Crippen LogP contribution is -2.45. The van der Waals surface area contributed by atoms with Crippen LogP contribution >= 0.6 is 0 Å². The van der Waals surface area contributed by atoms with Crippen LogP contribution in [0.2, 0.25) is 0 Å². The lowest BCUT2D eigenvalue weighted by molar-refractivity contribution is -0.154. The fourth-order valence-corrected chi connectivity index (χ4v) is 1.30. The molecule has 0 rings (SSSR count). The van der Waals surface area contributed by atoms with Crippen molar-refractivity contribution in [2.75, 3.05) is 26.2 Å². The standard InChI is InChI=1S/C14H24N4O6/c1-9(19)15-5-10(20)16-6-11(21)17-7-12(22)18-8-13(23)24-14(2,3)4/h5-8H2,1-4H3,(H,15,19)(H,16,20)(H,17,21)(H,18,22). The average molecular weight is 344 g/mol. The third-order valence-corrected chi connectivity index (χ3v) is 2.24. The highest BCUT2D eigenvalue weighted by molar-refractivity contribution is 5.90. The summed E-state index contributed by atoms with van der Waals surface area (Å²) in [4.78, 5) is 56.1. The van der Waals surface area contributed by atoms with Gasteiger partial charge in [-0.3, -0.25) is 24.0 Å². The zero-order chi connectivity index (χ0) is 18.8. The number of esters is 1. The Labute approximate surface area is 140 Å². The maximum atomic E-state index is 11.5. The molecular weight excluding hydrogens is 320 g/mol. The van der Waals surface area contributed by atoms with Crippen LogP contribution in [0.4, 0.5) is 0 Å². The zero-order valence-electron chi connectivity index (χ0n) is 14.3. The van der Waals surface area contributed by atoms with Crippen LogP contribution < -0.4 is 21.3 Å². The topological polar surface area (TPSA) is 143 Å². The van der Waals surface area contributed by atoms with E-state index in [9.17, 15) is 24.0 Å². The van der Waals surface area contributed by atoms with E-state index in [0.717, 1.165) is 0 Å². The van der Waals surface area contributed by atoms with Gasteiger partial charge >= 0.3 is 5.97 Å². The van der Waals surface area contributed by atoms with Gasteiger partial charge in [-0.05, 0) is 20.8 Å². The molecule has 0 aromatic carbocycles. The minimum absolute atomic E-state index is 0.237. The first-order chi connectivity index (χ1) is 11.0. The van der Waals surface area contributed by atoms with Gasteiger partial charge in [0.2, 0.25) is 23.6 Å². The van der Waals surface area contributed by atoms with E-state index in [4.69, 9.17) is 4.74 Å². The van der Waals surface area contributed by atoms with E-state index >= 15 is 0 Å². The first kappa shape index (κ1) is 21.4. The number of amides is 4. The van der Waals surface area contributed by atoms with Gasteiger partial charge in [-0.15, -0.1) is 0 Å². The van der Waals surface area contributed by atoms with Crippen LogP contribution in [0.25, 0.3) is 0 Å². The summed E-state index contributed by atoms with van der Waals surface area (Å²) in [5, 5.41) is 9.10. The van der Waals surface area contributed by atoms with Gasteiger partial charge in [0, 0.05) is 6.92 Å². The Morgan fingerprint density at radius 3 is 1.46 bits per heavy atom. The van der Waals surface area contributed by atoms with Crippen LogP contribution in [-0.2, 0) is 28.7 Å². The Hall–Kier alpha value is -2.65. The molecule has 0 saturated heterocycles. The number of nitrogens with one attached hydrogen (secondary N) is 4. The molecule has 0 unspecified atom stereocenters. The molecule has 0 aliphatic carbocycles. The van der Waals surface area contributed by atoms with Crippen LogP contribution in [0, 0.1) is 0 Å². The highest BCUT2D eigenvalue weighted by Crippen LogP contribution is 2.05. The summed E-state index contributed by atoms with van der Waals surface area (Å²) in [5.74, 6) is -2.64. The molecule has 0 aliphatic heterocycles. The van der Waals surface area contributed by atoms with Crippen molar-refractivity contribution in [1.29, 1.82) is 0 Å². The van der Waals surface area contributed by atoms with Crippen molar-refractivity contribution in [2.24, 2.45) is 0 Å². The van der Waals surface area contributed by atoms with Crippen molar-refractivity contribution in [3.8, 4) is 0 Å². The molecule has 0 saturated carbocycles. The predicted molar refractivity (Wildman–Crippen MR) is 83.6 cm³/mol. The molecule has 4 amide bonds. The molecule has 0 radical (unpaired) electrons. The summed E-state index contributed by atoms with van der Waals surface area (Å²) in [6, 6.07) is 0. The second-order valence-electron chi connectivity index (χ2n) is 5.83. The second-order valence-corrected chi connectivity index (χ2v) is 5.83. The van der Waals surface area contributed by atoms with E-state index in [0.29, 0.717) is 0 Å². The van der Waals surface area contributed by atoms with Crippen molar-refractivity contribution in [2.45, 2.75) is 33.3 Å². The monoisotopic (exact) mass is 344 g/mol. The summed E-state index contributed by atoms with van der Waals surface area (Å²) < 4.78 is 5.00. The molecule has 0 fully saturated rings. The molecule has 0 aromatic rings. The maximum absolute atomic E-state index is 11.5. The molecule has 136 valence electrons. The summed E-state index contributed by atoms with van der Waals surface area (Å²) in [6.45, 7) is 5.14. The van der Waals surface area contributed by atoms with Crippen LogP contribution in [0.15, 0.2) is 0 Å². The Morgan fingerprint density at radius 2 is 1.08 bits per heavy atom. The van der Waals surface area contributed by atoms with Crippen molar-refractivity contribution >= 4 is 29.6 Å². The second kappa shape index (κ2) is 10.2. The van der Waals surface area contributed by atoms with E-state index in [-0.39, 0.29) is 32.1 Å². The number of rotatable bonds is 8. The van der Waals surface area contributed by atoms with Gasteiger partial charge in [0.05, 0.1) is 19.6 Å². The highest BCUT2D eigenvalue weighted by Gasteiger charge is 2.16. The van der Waals surface area contributed by atoms with Crippen LogP contribution in [-0.4, -0.2) is 61.4 Å². The van der Waals surface area contributed by atoms with Crippen molar-refractivity contribution in [3.63, 3.8) is 0 Å². The molecule has 0 bridgehead atoms. The number of hydrogen-bond donors (Lipinski definition) is 4. The molecule has 0 heterocycles. The first-order valence-electron chi connectivity index (χ1n) is 7.26. The molecule has 10 heteroatoms. The molecule has 0 aliphatic rings. The van der Waals surface area contributed by atoms with E-state index in [2.05, 4.69) is 21.3 Å². The van der Waals surface area contributed by atoms with Crippen LogP contribution in [0.5, 0.6) is 0 Å². The zero-order valence-corrected chi connectivity index (χ0v) is 14.3. The van der Waals surface area contributed by atoms with Crippen molar-refractivity contribution < 1.29 is 28.7 Å². The van der Waals surface area contributed by atoms with Gasteiger partial charge in [0.15, 0.2) is 0 Å². The van der Waals surface area contributed by atoms with Gasteiger partial charge in [-0.1, -0.05) is 0 Å². The third kappa shape index (κ3) is 13.0. The van der Waals surface area contributed by atoms with Crippen LogP contribution in [0.3, 0.4) is 0 Å². The minimum Gasteiger partial charge on any atom is -0.459 e. The average Bonchev–Trinajstić information content (AvgIpc) is 2.44. The van der Waals surface area contributed by atoms with E-state index in [1.54, 1.807) is 20.8 Å². The van der Waals surface area contributed by atoms with Crippen LogP contribution in [0.1, 0.15) is 27.7 Å². The fourth-order valence-electron chi connectivity index (χ4n) is 1.30.